The first-order chi connectivity index (χ1) is 13.5. The van der Waals surface area contributed by atoms with E-state index in [9.17, 15) is 9.59 Å². The van der Waals surface area contributed by atoms with E-state index in [1.54, 1.807) is 12.4 Å². The molecular formula is C20H24N6O2. The van der Waals surface area contributed by atoms with Crippen LogP contribution in [0, 0.1) is 12.8 Å². The van der Waals surface area contributed by atoms with Crippen molar-refractivity contribution in [3.05, 3.63) is 52.7 Å². The molecule has 0 bridgehead atoms. The maximum absolute atomic E-state index is 12.7. The zero-order chi connectivity index (χ0) is 19.7. The Balaban J connectivity index is 1.60. The number of piperidine rings is 1. The van der Waals surface area contributed by atoms with Gasteiger partial charge < -0.3 is 10.2 Å². The number of carbonyl (C=O) groups excluding carboxylic acids is 1. The summed E-state index contributed by atoms with van der Waals surface area (Å²) < 4.78 is 2.65. The standard InChI is InChI=1S/C20H24N6O2/c1-14-5-3-7-16(11-14)22-17(27)13-26-20(28)25-10-8-21-18(19(25)23-26)24-9-4-6-15(2)12-24/h3,5,7-8,10-11,15H,4,6,9,12-13H2,1-2H3,(H,22,27)/t15-/m0/s1. The molecule has 1 saturated heterocycles. The zero-order valence-electron chi connectivity index (χ0n) is 16.1. The average Bonchev–Trinajstić information content (AvgIpc) is 2.97. The fourth-order valence-corrected chi connectivity index (χ4v) is 3.70. The maximum atomic E-state index is 12.7. The molecule has 1 fully saturated rings. The molecule has 146 valence electrons. The van der Waals surface area contributed by atoms with E-state index in [-0.39, 0.29) is 18.1 Å². The van der Waals surface area contributed by atoms with Crippen LogP contribution in [0.4, 0.5) is 11.5 Å². The van der Waals surface area contributed by atoms with Crippen LogP contribution in [0.25, 0.3) is 5.65 Å². The molecule has 0 aliphatic carbocycles. The third-order valence-corrected chi connectivity index (χ3v) is 5.03. The van der Waals surface area contributed by atoms with Gasteiger partial charge >= 0.3 is 5.69 Å². The summed E-state index contributed by atoms with van der Waals surface area (Å²) in [7, 11) is 0. The van der Waals surface area contributed by atoms with E-state index in [1.165, 1.54) is 15.5 Å². The summed E-state index contributed by atoms with van der Waals surface area (Å²) in [5, 5.41) is 7.23. The molecule has 1 aliphatic rings. The molecule has 1 aliphatic heterocycles. The van der Waals surface area contributed by atoms with E-state index in [4.69, 9.17) is 0 Å². The number of amides is 1. The molecule has 1 aromatic carbocycles. The van der Waals surface area contributed by atoms with Gasteiger partial charge in [-0.3, -0.25) is 4.79 Å². The van der Waals surface area contributed by atoms with Crippen LogP contribution >= 0.6 is 0 Å². The van der Waals surface area contributed by atoms with Gasteiger partial charge in [0, 0.05) is 31.2 Å². The van der Waals surface area contributed by atoms with Crippen LogP contribution in [0.2, 0.25) is 0 Å². The first-order valence-corrected chi connectivity index (χ1v) is 9.57. The second-order valence-electron chi connectivity index (χ2n) is 7.50. The Morgan fingerprint density at radius 1 is 1.36 bits per heavy atom. The molecule has 0 saturated carbocycles. The second kappa shape index (κ2) is 7.46. The summed E-state index contributed by atoms with van der Waals surface area (Å²) >= 11 is 0. The molecule has 8 heteroatoms. The van der Waals surface area contributed by atoms with Crippen LogP contribution in [0.5, 0.6) is 0 Å². The van der Waals surface area contributed by atoms with Crippen molar-refractivity contribution in [3.8, 4) is 0 Å². The molecule has 0 spiro atoms. The van der Waals surface area contributed by atoms with Gasteiger partial charge in [0.05, 0.1) is 0 Å². The van der Waals surface area contributed by atoms with Gasteiger partial charge in [-0.15, -0.1) is 5.10 Å². The quantitative estimate of drug-likeness (QED) is 0.749. The van der Waals surface area contributed by atoms with Crippen LogP contribution in [0.1, 0.15) is 25.3 Å². The van der Waals surface area contributed by atoms with E-state index in [1.807, 2.05) is 31.2 Å². The summed E-state index contributed by atoms with van der Waals surface area (Å²) in [5.74, 6) is 0.978. The SMILES string of the molecule is Cc1cccc(NC(=O)Cn2nc3c(N4CCC[C@H](C)C4)nccn3c2=O)c1. The number of rotatable bonds is 4. The van der Waals surface area contributed by atoms with E-state index in [0.29, 0.717) is 23.1 Å². The summed E-state index contributed by atoms with van der Waals surface area (Å²) in [6, 6.07) is 7.53. The Hall–Kier alpha value is -3.16. The predicted octanol–water partition coefficient (Wildman–Crippen LogP) is 2.07. The number of fused-ring (bicyclic) bond motifs is 1. The van der Waals surface area contributed by atoms with Crippen molar-refractivity contribution in [1.82, 2.24) is 19.2 Å². The monoisotopic (exact) mass is 380 g/mol. The highest BCUT2D eigenvalue weighted by atomic mass is 16.2. The number of nitrogens with one attached hydrogen (secondary N) is 1. The smallest absolute Gasteiger partial charge is 0.350 e. The van der Waals surface area contributed by atoms with Gasteiger partial charge in [-0.05, 0) is 43.4 Å². The number of aromatic nitrogens is 4. The van der Waals surface area contributed by atoms with E-state index in [0.717, 1.165) is 25.1 Å². The van der Waals surface area contributed by atoms with Crippen molar-refractivity contribution < 1.29 is 4.79 Å². The molecular weight excluding hydrogens is 356 g/mol. The summed E-state index contributed by atoms with van der Waals surface area (Å²) in [6.07, 6.45) is 5.49. The van der Waals surface area contributed by atoms with E-state index >= 15 is 0 Å². The Kier molecular flexibility index (Phi) is 4.85. The van der Waals surface area contributed by atoms with Crippen LogP contribution in [-0.2, 0) is 11.3 Å². The van der Waals surface area contributed by atoms with Gasteiger partial charge in [0.2, 0.25) is 11.6 Å². The minimum atomic E-state index is -0.344. The Morgan fingerprint density at radius 2 is 2.21 bits per heavy atom. The molecule has 4 rings (SSSR count). The van der Waals surface area contributed by atoms with Gasteiger partial charge in [0.25, 0.3) is 0 Å². The van der Waals surface area contributed by atoms with Crippen molar-refractivity contribution >= 4 is 23.1 Å². The third kappa shape index (κ3) is 3.62. The number of hydrogen-bond acceptors (Lipinski definition) is 5. The lowest BCUT2D eigenvalue weighted by molar-refractivity contribution is -0.117. The Morgan fingerprint density at radius 3 is 3.00 bits per heavy atom. The number of carbonyl (C=O) groups is 1. The summed E-state index contributed by atoms with van der Waals surface area (Å²) in [6.45, 7) is 5.81. The first-order valence-electron chi connectivity index (χ1n) is 9.57. The van der Waals surface area contributed by atoms with Crippen LogP contribution in [-0.4, -0.2) is 38.2 Å². The predicted molar refractivity (Wildman–Crippen MR) is 108 cm³/mol. The molecule has 28 heavy (non-hydrogen) atoms. The first kappa shape index (κ1) is 18.2. The molecule has 8 nitrogen and oxygen atoms in total. The summed E-state index contributed by atoms with van der Waals surface area (Å²) in [4.78, 5) is 31.8. The second-order valence-corrected chi connectivity index (χ2v) is 7.50. The molecule has 3 heterocycles. The molecule has 2 aromatic heterocycles. The Bertz CT molecular complexity index is 1070. The molecule has 3 aromatic rings. The lowest BCUT2D eigenvalue weighted by atomic mass is 10.0. The lowest BCUT2D eigenvalue weighted by Crippen LogP contribution is -2.35. The molecule has 1 amide bonds. The lowest BCUT2D eigenvalue weighted by Gasteiger charge is -2.31. The van der Waals surface area contributed by atoms with Crippen LogP contribution < -0.4 is 15.9 Å². The minimum Gasteiger partial charge on any atom is -0.353 e. The topological polar surface area (TPSA) is 84.5 Å². The van der Waals surface area contributed by atoms with Crippen molar-refractivity contribution in [2.45, 2.75) is 33.2 Å². The van der Waals surface area contributed by atoms with Crippen LogP contribution in [0.15, 0.2) is 41.5 Å². The number of anilines is 2. The highest BCUT2D eigenvalue weighted by molar-refractivity contribution is 5.90. The third-order valence-electron chi connectivity index (χ3n) is 5.03. The zero-order valence-corrected chi connectivity index (χ0v) is 16.1. The van der Waals surface area contributed by atoms with E-state index < -0.39 is 0 Å². The fourth-order valence-electron chi connectivity index (χ4n) is 3.70. The normalized spacial score (nSPS) is 17.1. The summed E-state index contributed by atoms with van der Waals surface area (Å²) in [5.41, 5.74) is 1.90. The highest BCUT2D eigenvalue weighted by Gasteiger charge is 2.22. The average molecular weight is 380 g/mol. The van der Waals surface area contributed by atoms with Crippen LogP contribution in [0.3, 0.4) is 0 Å². The van der Waals surface area contributed by atoms with Crippen molar-refractivity contribution in [2.24, 2.45) is 5.92 Å². The molecule has 1 N–H and O–H groups in total. The van der Waals surface area contributed by atoms with Gasteiger partial charge in [-0.25, -0.2) is 18.9 Å². The number of benzene rings is 1. The van der Waals surface area contributed by atoms with Gasteiger partial charge in [-0.1, -0.05) is 19.1 Å². The van der Waals surface area contributed by atoms with Gasteiger partial charge in [0.1, 0.15) is 6.54 Å². The molecule has 1 atom stereocenters. The number of nitrogens with zero attached hydrogens (tertiary/aromatic N) is 5. The van der Waals surface area contributed by atoms with E-state index in [2.05, 4.69) is 27.2 Å². The fraction of sp³-hybridized carbons (Fsp3) is 0.400. The molecule has 0 radical (unpaired) electrons. The van der Waals surface area contributed by atoms with Crippen molar-refractivity contribution in [1.29, 1.82) is 0 Å². The maximum Gasteiger partial charge on any atom is 0.350 e. The van der Waals surface area contributed by atoms with Crippen molar-refractivity contribution in [2.75, 3.05) is 23.3 Å². The number of aryl methyl sites for hydroxylation is 1. The largest absolute Gasteiger partial charge is 0.353 e. The number of hydrogen-bond donors (Lipinski definition) is 1. The van der Waals surface area contributed by atoms with Gasteiger partial charge in [0.15, 0.2) is 5.82 Å². The van der Waals surface area contributed by atoms with Crippen molar-refractivity contribution in [3.63, 3.8) is 0 Å². The van der Waals surface area contributed by atoms with Gasteiger partial charge in [-0.2, -0.15) is 0 Å². The minimum absolute atomic E-state index is 0.149. The molecule has 0 unspecified atom stereocenters. The Labute approximate surface area is 162 Å². The highest BCUT2D eigenvalue weighted by Crippen LogP contribution is 2.23.